The SMILES string of the molecule is COc1ccc(N2NC(=O)/C(=C\c3cc(OC)cc(OC)c3)C2=O)cc1. The van der Waals surface area contributed by atoms with Crippen LogP contribution in [0.4, 0.5) is 5.69 Å². The summed E-state index contributed by atoms with van der Waals surface area (Å²) in [4.78, 5) is 24.9. The van der Waals surface area contributed by atoms with Crippen molar-refractivity contribution >= 4 is 23.6 Å². The number of ether oxygens (including phenoxy) is 3. The summed E-state index contributed by atoms with van der Waals surface area (Å²) in [7, 11) is 4.62. The van der Waals surface area contributed by atoms with Crippen LogP contribution in [0.15, 0.2) is 48.0 Å². The standard InChI is InChI=1S/C19H18N2O5/c1-24-14-6-4-13(5-7-14)21-19(23)17(18(22)20-21)10-12-8-15(25-2)11-16(9-12)26-3/h4-11H,1-3H3,(H,20,22)/b17-10+. The Kier molecular flexibility index (Phi) is 4.79. The largest absolute Gasteiger partial charge is 0.497 e. The number of rotatable bonds is 5. The lowest BCUT2D eigenvalue weighted by Gasteiger charge is -2.14. The van der Waals surface area contributed by atoms with Gasteiger partial charge >= 0.3 is 0 Å². The summed E-state index contributed by atoms with van der Waals surface area (Å²) in [6.07, 6.45) is 1.51. The molecule has 1 aliphatic rings. The predicted octanol–water partition coefficient (Wildman–Crippen LogP) is 2.17. The van der Waals surface area contributed by atoms with Crippen molar-refractivity contribution in [3.63, 3.8) is 0 Å². The third-order valence-corrected chi connectivity index (χ3v) is 3.91. The number of anilines is 1. The molecule has 1 fully saturated rings. The maximum Gasteiger partial charge on any atom is 0.282 e. The van der Waals surface area contributed by atoms with Crippen LogP contribution in [0.5, 0.6) is 17.2 Å². The van der Waals surface area contributed by atoms with Crippen LogP contribution in [0, 0.1) is 0 Å². The molecule has 0 bridgehead atoms. The number of nitrogens with zero attached hydrogens (tertiary/aromatic N) is 1. The molecule has 2 aromatic rings. The van der Waals surface area contributed by atoms with Gasteiger partial charge < -0.3 is 14.2 Å². The molecule has 2 amide bonds. The fraction of sp³-hybridized carbons (Fsp3) is 0.158. The van der Waals surface area contributed by atoms with Gasteiger partial charge in [0.2, 0.25) is 0 Å². The fourth-order valence-electron chi connectivity index (χ4n) is 2.55. The van der Waals surface area contributed by atoms with E-state index in [9.17, 15) is 9.59 Å². The molecule has 0 saturated carbocycles. The molecule has 0 aliphatic carbocycles. The van der Waals surface area contributed by atoms with Gasteiger partial charge in [-0.25, -0.2) is 5.01 Å². The van der Waals surface area contributed by atoms with Crippen molar-refractivity contribution in [3.05, 3.63) is 53.6 Å². The van der Waals surface area contributed by atoms with Crippen molar-refractivity contribution in [1.29, 1.82) is 0 Å². The number of nitrogens with one attached hydrogen (secondary N) is 1. The minimum Gasteiger partial charge on any atom is -0.497 e. The fourth-order valence-corrected chi connectivity index (χ4v) is 2.55. The lowest BCUT2D eigenvalue weighted by atomic mass is 10.1. The summed E-state index contributed by atoms with van der Waals surface area (Å²) < 4.78 is 15.5. The van der Waals surface area contributed by atoms with Gasteiger partial charge in [-0.2, -0.15) is 0 Å². The Balaban J connectivity index is 1.92. The van der Waals surface area contributed by atoms with E-state index in [-0.39, 0.29) is 5.57 Å². The van der Waals surface area contributed by atoms with E-state index in [1.165, 1.54) is 25.3 Å². The molecular weight excluding hydrogens is 336 g/mol. The number of amides is 2. The van der Waals surface area contributed by atoms with Gasteiger partial charge in [0.05, 0.1) is 27.0 Å². The Labute approximate surface area is 150 Å². The van der Waals surface area contributed by atoms with E-state index in [0.717, 1.165) is 0 Å². The van der Waals surface area contributed by atoms with Gasteiger partial charge in [-0.1, -0.05) is 0 Å². The van der Waals surface area contributed by atoms with E-state index >= 15 is 0 Å². The second-order valence-electron chi connectivity index (χ2n) is 5.48. The molecule has 134 valence electrons. The van der Waals surface area contributed by atoms with Crippen molar-refractivity contribution < 1.29 is 23.8 Å². The van der Waals surface area contributed by atoms with Crippen LogP contribution in [0.3, 0.4) is 0 Å². The van der Waals surface area contributed by atoms with Crippen molar-refractivity contribution in [2.45, 2.75) is 0 Å². The highest BCUT2D eigenvalue weighted by Crippen LogP contribution is 2.27. The molecule has 3 rings (SSSR count). The molecule has 0 unspecified atom stereocenters. The highest BCUT2D eigenvalue weighted by atomic mass is 16.5. The number of hydrazine groups is 1. The molecule has 0 spiro atoms. The molecule has 7 heteroatoms. The van der Waals surface area contributed by atoms with Crippen LogP contribution < -0.4 is 24.6 Å². The quantitative estimate of drug-likeness (QED) is 0.658. The van der Waals surface area contributed by atoms with E-state index in [0.29, 0.717) is 28.5 Å². The normalized spacial score (nSPS) is 15.2. The summed E-state index contributed by atoms with van der Waals surface area (Å²) in [5.41, 5.74) is 3.74. The van der Waals surface area contributed by atoms with E-state index in [2.05, 4.69) is 5.43 Å². The lowest BCUT2D eigenvalue weighted by molar-refractivity contribution is -0.117. The van der Waals surface area contributed by atoms with E-state index in [1.54, 1.807) is 49.6 Å². The van der Waals surface area contributed by atoms with Gasteiger partial charge in [0.15, 0.2) is 0 Å². The average molecular weight is 354 g/mol. The molecule has 2 aromatic carbocycles. The second-order valence-corrected chi connectivity index (χ2v) is 5.48. The number of carbonyl (C=O) groups excluding carboxylic acids is 2. The highest BCUT2D eigenvalue weighted by Gasteiger charge is 2.34. The van der Waals surface area contributed by atoms with Crippen LogP contribution in [-0.4, -0.2) is 33.1 Å². The highest BCUT2D eigenvalue weighted by molar-refractivity contribution is 6.31. The first-order valence-corrected chi connectivity index (χ1v) is 7.80. The zero-order valence-corrected chi connectivity index (χ0v) is 14.6. The molecule has 1 N–H and O–H groups in total. The minimum absolute atomic E-state index is 0.0242. The number of benzene rings is 2. The Morgan fingerprint density at radius 3 is 1.96 bits per heavy atom. The third-order valence-electron chi connectivity index (χ3n) is 3.91. The first-order valence-electron chi connectivity index (χ1n) is 7.80. The van der Waals surface area contributed by atoms with Crippen LogP contribution in [0.1, 0.15) is 5.56 Å². The summed E-state index contributed by atoms with van der Waals surface area (Å²) >= 11 is 0. The Bertz CT molecular complexity index is 852. The molecule has 26 heavy (non-hydrogen) atoms. The molecule has 0 radical (unpaired) electrons. The van der Waals surface area contributed by atoms with Crippen molar-refractivity contribution in [1.82, 2.24) is 5.43 Å². The van der Waals surface area contributed by atoms with Crippen molar-refractivity contribution in [2.24, 2.45) is 0 Å². The van der Waals surface area contributed by atoms with Crippen molar-refractivity contribution in [3.8, 4) is 17.2 Å². The monoisotopic (exact) mass is 354 g/mol. The number of carbonyl (C=O) groups is 2. The van der Waals surface area contributed by atoms with Crippen LogP contribution in [0.2, 0.25) is 0 Å². The van der Waals surface area contributed by atoms with Crippen molar-refractivity contribution in [2.75, 3.05) is 26.3 Å². The van der Waals surface area contributed by atoms with Crippen LogP contribution >= 0.6 is 0 Å². The van der Waals surface area contributed by atoms with Gasteiger partial charge in [-0.05, 0) is 48.0 Å². The first-order chi connectivity index (χ1) is 12.5. The molecular formula is C19H18N2O5. The van der Waals surface area contributed by atoms with Gasteiger partial charge in [0, 0.05) is 6.07 Å². The van der Waals surface area contributed by atoms with Crippen LogP contribution in [-0.2, 0) is 9.59 Å². The average Bonchev–Trinajstić information content (AvgIpc) is 2.96. The Morgan fingerprint density at radius 2 is 1.42 bits per heavy atom. The zero-order valence-electron chi connectivity index (χ0n) is 14.6. The van der Waals surface area contributed by atoms with Gasteiger partial charge in [0.1, 0.15) is 22.8 Å². The molecule has 1 heterocycles. The summed E-state index contributed by atoms with van der Waals surface area (Å²) in [6.45, 7) is 0. The molecule has 0 aromatic heterocycles. The summed E-state index contributed by atoms with van der Waals surface area (Å²) in [6, 6.07) is 11.9. The molecule has 7 nitrogen and oxygen atoms in total. The molecule has 0 atom stereocenters. The minimum atomic E-state index is -0.479. The summed E-state index contributed by atoms with van der Waals surface area (Å²) in [5.74, 6) is 0.864. The van der Waals surface area contributed by atoms with Gasteiger partial charge in [-0.15, -0.1) is 0 Å². The Hall–Kier alpha value is -3.48. The topological polar surface area (TPSA) is 77.1 Å². The Morgan fingerprint density at radius 1 is 0.846 bits per heavy atom. The lowest BCUT2D eigenvalue weighted by Crippen LogP contribution is -2.35. The molecule has 1 aliphatic heterocycles. The van der Waals surface area contributed by atoms with E-state index < -0.39 is 11.8 Å². The van der Waals surface area contributed by atoms with E-state index in [1.807, 2.05) is 0 Å². The zero-order chi connectivity index (χ0) is 18.7. The predicted molar refractivity (Wildman–Crippen MR) is 96.1 cm³/mol. The maximum atomic E-state index is 12.7. The first kappa shape index (κ1) is 17.3. The number of hydrogen-bond acceptors (Lipinski definition) is 5. The van der Waals surface area contributed by atoms with E-state index in [4.69, 9.17) is 14.2 Å². The number of methoxy groups -OCH3 is 3. The third kappa shape index (κ3) is 3.32. The van der Waals surface area contributed by atoms with Gasteiger partial charge in [-0.3, -0.25) is 15.0 Å². The van der Waals surface area contributed by atoms with Crippen LogP contribution in [0.25, 0.3) is 6.08 Å². The number of hydrogen-bond donors (Lipinski definition) is 1. The van der Waals surface area contributed by atoms with Gasteiger partial charge in [0.25, 0.3) is 11.8 Å². The smallest absolute Gasteiger partial charge is 0.282 e. The summed E-state index contributed by atoms with van der Waals surface area (Å²) in [5, 5.41) is 1.20. The maximum absolute atomic E-state index is 12.7. The molecule has 1 saturated heterocycles. The second kappa shape index (κ2) is 7.18.